The highest BCUT2D eigenvalue weighted by Crippen LogP contribution is 2.27. The molecule has 0 aromatic heterocycles. The van der Waals surface area contributed by atoms with Gasteiger partial charge in [-0.2, -0.15) is 0 Å². The molecule has 18 heavy (non-hydrogen) atoms. The van der Waals surface area contributed by atoms with Crippen LogP contribution in [-0.4, -0.2) is 0 Å². The van der Waals surface area contributed by atoms with Crippen LogP contribution in [0.3, 0.4) is 0 Å². The van der Waals surface area contributed by atoms with Gasteiger partial charge in [0.25, 0.3) is 0 Å². The van der Waals surface area contributed by atoms with Gasteiger partial charge < -0.3 is 5.73 Å². The van der Waals surface area contributed by atoms with Crippen LogP contribution in [0.2, 0.25) is 10.0 Å². The van der Waals surface area contributed by atoms with Gasteiger partial charge in [0.1, 0.15) is 0 Å². The molecule has 94 valence electrons. The van der Waals surface area contributed by atoms with Crippen molar-refractivity contribution in [2.24, 2.45) is 5.73 Å². The first-order valence-electron chi connectivity index (χ1n) is 5.51. The van der Waals surface area contributed by atoms with Gasteiger partial charge in [-0.25, -0.2) is 0 Å². The molecule has 0 radical (unpaired) electrons. The molecule has 2 aromatic carbocycles. The number of nitrogens with two attached hydrogens (primary N) is 1. The molecule has 0 amide bonds. The van der Waals surface area contributed by atoms with Gasteiger partial charge in [-0.1, -0.05) is 41.4 Å². The van der Waals surface area contributed by atoms with Crippen molar-refractivity contribution in [3.63, 3.8) is 0 Å². The van der Waals surface area contributed by atoms with Gasteiger partial charge in [-0.15, -0.1) is 0 Å². The summed E-state index contributed by atoms with van der Waals surface area (Å²) in [4.78, 5) is 0. The summed E-state index contributed by atoms with van der Waals surface area (Å²) in [7, 11) is 0. The first-order valence-corrected chi connectivity index (χ1v) is 7.34. The molecule has 4 heteroatoms. The Morgan fingerprint density at radius 2 is 1.72 bits per heavy atom. The first kappa shape index (κ1) is 14.1. The van der Waals surface area contributed by atoms with Crippen molar-refractivity contribution in [1.82, 2.24) is 0 Å². The smallest absolute Gasteiger partial charge is 0.0468 e. The van der Waals surface area contributed by atoms with Gasteiger partial charge in [0.15, 0.2) is 0 Å². The maximum atomic E-state index is 6.19. The summed E-state index contributed by atoms with van der Waals surface area (Å²) < 4.78 is 1.22. The number of rotatable bonds is 3. The van der Waals surface area contributed by atoms with Crippen LogP contribution >= 0.6 is 45.8 Å². The van der Waals surface area contributed by atoms with Crippen LogP contribution in [0.1, 0.15) is 17.2 Å². The van der Waals surface area contributed by atoms with E-state index in [1.807, 2.05) is 12.1 Å². The van der Waals surface area contributed by atoms with E-state index in [9.17, 15) is 0 Å². The summed E-state index contributed by atoms with van der Waals surface area (Å²) in [6.07, 6.45) is 0.762. The van der Waals surface area contributed by atoms with E-state index >= 15 is 0 Å². The number of hydrogen-bond acceptors (Lipinski definition) is 1. The van der Waals surface area contributed by atoms with Crippen LogP contribution in [0.5, 0.6) is 0 Å². The average molecular weight is 392 g/mol. The molecule has 0 aliphatic heterocycles. The van der Waals surface area contributed by atoms with E-state index in [-0.39, 0.29) is 6.04 Å². The van der Waals surface area contributed by atoms with Gasteiger partial charge in [0.2, 0.25) is 0 Å². The zero-order chi connectivity index (χ0) is 13.1. The SMILES string of the molecule is NC(Cc1ccc(I)cc1)c1ccc(Cl)cc1Cl. The lowest BCUT2D eigenvalue weighted by Crippen LogP contribution is -2.13. The summed E-state index contributed by atoms with van der Waals surface area (Å²) in [6.45, 7) is 0. The molecule has 0 fully saturated rings. The normalized spacial score (nSPS) is 12.4. The maximum absolute atomic E-state index is 6.19. The van der Waals surface area contributed by atoms with Crippen LogP contribution in [0.4, 0.5) is 0 Å². The highest BCUT2D eigenvalue weighted by atomic mass is 127. The van der Waals surface area contributed by atoms with Gasteiger partial charge in [0.05, 0.1) is 0 Å². The predicted molar refractivity (Wildman–Crippen MR) is 86.3 cm³/mol. The van der Waals surface area contributed by atoms with Crippen molar-refractivity contribution in [2.75, 3.05) is 0 Å². The van der Waals surface area contributed by atoms with Gasteiger partial charge in [0, 0.05) is 19.7 Å². The fourth-order valence-electron chi connectivity index (χ4n) is 1.79. The second kappa shape index (κ2) is 6.24. The van der Waals surface area contributed by atoms with Gasteiger partial charge in [-0.3, -0.25) is 0 Å². The molecule has 0 aliphatic rings. The number of benzene rings is 2. The van der Waals surface area contributed by atoms with Crippen LogP contribution in [0, 0.1) is 3.57 Å². The molecule has 2 aromatic rings. The molecule has 1 nitrogen and oxygen atoms in total. The quantitative estimate of drug-likeness (QED) is 0.744. The topological polar surface area (TPSA) is 26.0 Å². The highest BCUT2D eigenvalue weighted by molar-refractivity contribution is 14.1. The third-order valence-corrected chi connectivity index (χ3v) is 4.01. The molecule has 1 unspecified atom stereocenters. The Hall–Kier alpha value is -0.290. The Kier molecular flexibility index (Phi) is 4.90. The lowest BCUT2D eigenvalue weighted by molar-refractivity contribution is 0.722. The van der Waals surface area contributed by atoms with Crippen molar-refractivity contribution >= 4 is 45.8 Å². The minimum absolute atomic E-state index is 0.116. The monoisotopic (exact) mass is 391 g/mol. The molecule has 0 heterocycles. The molecule has 0 spiro atoms. The lowest BCUT2D eigenvalue weighted by Gasteiger charge is -2.14. The fraction of sp³-hybridized carbons (Fsp3) is 0.143. The first-order chi connectivity index (χ1) is 8.56. The third kappa shape index (κ3) is 3.60. The van der Waals surface area contributed by atoms with Crippen LogP contribution in [0.25, 0.3) is 0 Å². The highest BCUT2D eigenvalue weighted by Gasteiger charge is 2.11. The van der Waals surface area contributed by atoms with E-state index in [2.05, 4.69) is 46.9 Å². The second-order valence-electron chi connectivity index (χ2n) is 4.10. The van der Waals surface area contributed by atoms with E-state index in [4.69, 9.17) is 28.9 Å². The molecular formula is C14H12Cl2IN. The molecule has 2 N–H and O–H groups in total. The molecule has 0 aliphatic carbocycles. The summed E-state index contributed by atoms with van der Waals surface area (Å²) in [5, 5.41) is 1.26. The minimum atomic E-state index is -0.116. The van der Waals surface area contributed by atoms with Crippen molar-refractivity contribution in [3.8, 4) is 0 Å². The number of halogens is 3. The summed E-state index contributed by atoms with van der Waals surface area (Å²) in [5.74, 6) is 0. The van der Waals surface area contributed by atoms with Crippen LogP contribution < -0.4 is 5.73 Å². The lowest BCUT2D eigenvalue weighted by atomic mass is 10.00. The van der Waals surface area contributed by atoms with E-state index in [0.29, 0.717) is 10.0 Å². The summed E-state index contributed by atoms with van der Waals surface area (Å²) in [5.41, 5.74) is 8.32. The van der Waals surface area contributed by atoms with Gasteiger partial charge >= 0.3 is 0 Å². The Bertz CT molecular complexity index is 540. The molecule has 0 bridgehead atoms. The average Bonchev–Trinajstić information content (AvgIpc) is 2.32. The Morgan fingerprint density at radius 1 is 1.06 bits per heavy atom. The standard InChI is InChI=1S/C14H12Cl2IN/c15-10-3-6-12(13(16)8-10)14(18)7-9-1-4-11(17)5-2-9/h1-6,8,14H,7,18H2. The largest absolute Gasteiger partial charge is 0.324 e. The maximum Gasteiger partial charge on any atom is 0.0468 e. The fourth-order valence-corrected chi connectivity index (χ4v) is 2.69. The van der Waals surface area contributed by atoms with Crippen molar-refractivity contribution in [2.45, 2.75) is 12.5 Å². The zero-order valence-electron chi connectivity index (χ0n) is 9.54. The molecule has 1 atom stereocenters. The van der Waals surface area contributed by atoms with E-state index < -0.39 is 0 Å². The summed E-state index contributed by atoms with van der Waals surface area (Å²) in [6, 6.07) is 13.6. The molecule has 0 saturated carbocycles. The van der Waals surface area contributed by atoms with Crippen LogP contribution in [0.15, 0.2) is 42.5 Å². The zero-order valence-corrected chi connectivity index (χ0v) is 13.2. The van der Waals surface area contributed by atoms with E-state index in [1.165, 1.54) is 9.13 Å². The predicted octanol–water partition coefficient (Wildman–Crippen LogP) is 4.84. The Labute approximate surface area is 130 Å². The van der Waals surface area contributed by atoms with Gasteiger partial charge in [-0.05, 0) is 64.4 Å². The Balaban J connectivity index is 2.16. The molecule has 0 saturated heterocycles. The Morgan fingerprint density at radius 3 is 2.33 bits per heavy atom. The van der Waals surface area contributed by atoms with Crippen LogP contribution in [-0.2, 0) is 6.42 Å². The van der Waals surface area contributed by atoms with Crippen molar-refractivity contribution in [1.29, 1.82) is 0 Å². The van der Waals surface area contributed by atoms with Crippen molar-refractivity contribution in [3.05, 3.63) is 67.2 Å². The third-order valence-electron chi connectivity index (χ3n) is 2.73. The molecule has 2 rings (SSSR count). The minimum Gasteiger partial charge on any atom is -0.324 e. The summed E-state index contributed by atoms with van der Waals surface area (Å²) >= 11 is 14.3. The van der Waals surface area contributed by atoms with E-state index in [1.54, 1.807) is 6.07 Å². The van der Waals surface area contributed by atoms with Crippen molar-refractivity contribution < 1.29 is 0 Å². The molecular weight excluding hydrogens is 380 g/mol. The number of hydrogen-bond donors (Lipinski definition) is 1. The van der Waals surface area contributed by atoms with E-state index in [0.717, 1.165) is 12.0 Å². The second-order valence-corrected chi connectivity index (χ2v) is 6.19.